The van der Waals surface area contributed by atoms with Crippen LogP contribution in [0.25, 0.3) is 11.0 Å². The topological polar surface area (TPSA) is 82.8 Å². The third kappa shape index (κ3) is 4.10. The Kier molecular flexibility index (Phi) is 6.42. The summed E-state index contributed by atoms with van der Waals surface area (Å²) in [5.41, 5.74) is 5.48. The third-order valence-electron chi connectivity index (χ3n) is 6.51. The van der Waals surface area contributed by atoms with Crippen molar-refractivity contribution in [3.8, 4) is 0 Å². The molecular weight excluding hydrogens is 380 g/mol. The van der Waals surface area contributed by atoms with Gasteiger partial charge in [-0.05, 0) is 62.6 Å². The molecule has 0 bridgehead atoms. The van der Waals surface area contributed by atoms with Crippen LogP contribution in [0.4, 0.5) is 5.69 Å². The quantitative estimate of drug-likeness (QED) is 0.514. The Balaban J connectivity index is 1.56. The van der Waals surface area contributed by atoms with E-state index >= 15 is 0 Å². The van der Waals surface area contributed by atoms with Crippen molar-refractivity contribution in [3.63, 3.8) is 0 Å². The Hall–Kier alpha value is -2.34. The average Bonchev–Trinajstić information content (AvgIpc) is 2.75. The number of hydrogen-bond donors (Lipinski definition) is 2. The van der Waals surface area contributed by atoms with Crippen LogP contribution in [0.2, 0.25) is 0 Å². The Morgan fingerprint density at radius 3 is 2.73 bits per heavy atom. The van der Waals surface area contributed by atoms with Gasteiger partial charge in [0, 0.05) is 42.9 Å². The van der Waals surface area contributed by atoms with E-state index in [0.29, 0.717) is 12.1 Å². The molecule has 2 aliphatic rings. The lowest BCUT2D eigenvalue weighted by atomic mass is 9.88. The minimum atomic E-state index is -0.387. The third-order valence-corrected chi connectivity index (χ3v) is 6.51. The van der Waals surface area contributed by atoms with Gasteiger partial charge in [-0.2, -0.15) is 0 Å². The van der Waals surface area contributed by atoms with E-state index in [1.54, 1.807) is 0 Å². The summed E-state index contributed by atoms with van der Waals surface area (Å²) in [5, 5.41) is 12.7. The number of anilines is 1. The number of aliphatic hydroxyl groups excluding tert-OH is 1. The van der Waals surface area contributed by atoms with E-state index in [0.717, 1.165) is 81.0 Å². The predicted octanol–water partition coefficient (Wildman–Crippen LogP) is 3.01. The van der Waals surface area contributed by atoms with Gasteiger partial charge in [-0.3, -0.25) is 4.79 Å². The lowest BCUT2D eigenvalue weighted by Gasteiger charge is -2.37. The zero-order valence-electron chi connectivity index (χ0n) is 17.9. The van der Waals surface area contributed by atoms with Crippen molar-refractivity contribution in [2.45, 2.75) is 64.7 Å². The fourth-order valence-corrected chi connectivity index (χ4v) is 4.94. The van der Waals surface area contributed by atoms with Gasteiger partial charge in [0.15, 0.2) is 0 Å². The summed E-state index contributed by atoms with van der Waals surface area (Å²) in [4.78, 5) is 27.6. The number of hydrogen-bond acceptors (Lipinski definition) is 5. The summed E-state index contributed by atoms with van der Waals surface area (Å²) in [6, 6.07) is 2.19. The first kappa shape index (κ1) is 20.9. The number of nitrogens with one attached hydrogen (secondary N) is 1. The summed E-state index contributed by atoms with van der Waals surface area (Å²) in [5.74, 6) is -0.141. The monoisotopic (exact) mass is 412 g/mol. The van der Waals surface area contributed by atoms with Gasteiger partial charge in [-0.1, -0.05) is 12.8 Å². The van der Waals surface area contributed by atoms with Crippen molar-refractivity contribution < 1.29 is 14.3 Å². The molecule has 0 fully saturated rings. The summed E-state index contributed by atoms with van der Waals surface area (Å²) >= 11 is 0. The molecule has 0 saturated heterocycles. The molecule has 30 heavy (non-hydrogen) atoms. The maximum Gasteiger partial charge on any atom is 0.340 e. The minimum Gasteiger partial charge on any atom is -0.422 e. The standard InChI is InChI=1S/C24H32N2O4/c1-16-19-14-17-8-6-11-26-12-7-9-18(22(17)26)23(19)30-24(29)20(16)15-21(28)25-10-4-2-3-5-13-27/h14,27H,2-13,15H2,1H3,(H,25,28). The Morgan fingerprint density at radius 1 is 1.17 bits per heavy atom. The van der Waals surface area contributed by atoms with Gasteiger partial charge in [0.1, 0.15) is 5.58 Å². The largest absolute Gasteiger partial charge is 0.422 e. The van der Waals surface area contributed by atoms with Gasteiger partial charge in [0.05, 0.1) is 12.0 Å². The number of aliphatic hydroxyl groups is 1. The van der Waals surface area contributed by atoms with Crippen LogP contribution in [0, 0.1) is 6.92 Å². The first-order valence-corrected chi connectivity index (χ1v) is 11.3. The molecule has 1 aromatic heterocycles. The summed E-state index contributed by atoms with van der Waals surface area (Å²) in [7, 11) is 0. The molecule has 1 amide bonds. The molecule has 6 heteroatoms. The van der Waals surface area contributed by atoms with Crippen LogP contribution in [-0.2, 0) is 24.1 Å². The minimum absolute atomic E-state index is 0.0549. The van der Waals surface area contributed by atoms with E-state index in [2.05, 4.69) is 16.3 Å². The van der Waals surface area contributed by atoms with Gasteiger partial charge in [0.2, 0.25) is 5.91 Å². The molecule has 0 saturated carbocycles. The zero-order chi connectivity index (χ0) is 21.1. The maximum atomic E-state index is 12.8. The molecule has 4 rings (SSSR count). The fourth-order valence-electron chi connectivity index (χ4n) is 4.94. The van der Waals surface area contributed by atoms with Crippen molar-refractivity contribution in [1.29, 1.82) is 0 Å². The fraction of sp³-hybridized carbons (Fsp3) is 0.583. The molecule has 6 nitrogen and oxygen atoms in total. The second-order valence-electron chi connectivity index (χ2n) is 8.59. The van der Waals surface area contributed by atoms with Crippen molar-refractivity contribution in [3.05, 3.63) is 38.7 Å². The number of carbonyl (C=O) groups is 1. The highest BCUT2D eigenvalue weighted by molar-refractivity contribution is 5.92. The highest BCUT2D eigenvalue weighted by Gasteiger charge is 2.28. The lowest BCUT2D eigenvalue weighted by Crippen LogP contribution is -2.34. The molecule has 1 aromatic carbocycles. The van der Waals surface area contributed by atoms with Gasteiger partial charge < -0.3 is 19.7 Å². The molecule has 0 atom stereocenters. The number of amides is 1. The molecular formula is C24H32N2O4. The van der Waals surface area contributed by atoms with E-state index in [1.165, 1.54) is 16.8 Å². The summed E-state index contributed by atoms with van der Waals surface area (Å²) in [6.45, 7) is 4.90. The van der Waals surface area contributed by atoms with E-state index in [-0.39, 0.29) is 24.6 Å². The molecule has 2 aromatic rings. The number of unbranched alkanes of at least 4 members (excludes halogenated alkanes) is 3. The highest BCUT2D eigenvalue weighted by Crippen LogP contribution is 2.40. The Labute approximate surface area is 177 Å². The first-order valence-electron chi connectivity index (χ1n) is 11.3. The van der Waals surface area contributed by atoms with Crippen LogP contribution in [0.1, 0.15) is 60.8 Å². The first-order chi connectivity index (χ1) is 14.6. The molecule has 2 N–H and O–H groups in total. The number of fused-ring (bicyclic) bond motifs is 2. The van der Waals surface area contributed by atoms with Crippen molar-refractivity contribution >= 4 is 22.6 Å². The SMILES string of the molecule is Cc1c(CC(=O)NCCCCCCO)c(=O)oc2c3c4c(cc12)CCCN4CCC3. The summed E-state index contributed by atoms with van der Waals surface area (Å²) in [6.07, 6.45) is 7.90. The normalized spacial score (nSPS) is 15.3. The number of carbonyl (C=O) groups excluding carboxylic acids is 1. The predicted molar refractivity (Wildman–Crippen MR) is 118 cm³/mol. The smallest absolute Gasteiger partial charge is 0.340 e. The van der Waals surface area contributed by atoms with Gasteiger partial charge in [-0.25, -0.2) is 4.79 Å². The van der Waals surface area contributed by atoms with Gasteiger partial charge in [0.25, 0.3) is 0 Å². The number of aryl methyl sites for hydroxylation is 3. The van der Waals surface area contributed by atoms with Crippen LogP contribution >= 0.6 is 0 Å². The van der Waals surface area contributed by atoms with Crippen molar-refractivity contribution in [1.82, 2.24) is 5.32 Å². The molecule has 0 spiro atoms. The second-order valence-corrected chi connectivity index (χ2v) is 8.59. The van der Waals surface area contributed by atoms with Crippen molar-refractivity contribution in [2.24, 2.45) is 0 Å². The zero-order valence-corrected chi connectivity index (χ0v) is 17.9. The second kappa shape index (κ2) is 9.21. The summed E-state index contributed by atoms with van der Waals surface area (Å²) < 4.78 is 5.83. The molecule has 0 unspecified atom stereocenters. The van der Waals surface area contributed by atoms with Crippen molar-refractivity contribution in [2.75, 3.05) is 31.1 Å². The van der Waals surface area contributed by atoms with E-state index < -0.39 is 0 Å². The van der Waals surface area contributed by atoms with E-state index in [1.807, 2.05) is 6.92 Å². The molecule has 162 valence electrons. The van der Waals surface area contributed by atoms with Crippen LogP contribution < -0.4 is 15.8 Å². The Morgan fingerprint density at radius 2 is 1.93 bits per heavy atom. The van der Waals surface area contributed by atoms with Crippen LogP contribution in [0.5, 0.6) is 0 Å². The number of rotatable bonds is 8. The number of nitrogens with zero attached hydrogens (tertiary/aromatic N) is 1. The number of benzene rings is 1. The maximum absolute atomic E-state index is 12.8. The van der Waals surface area contributed by atoms with Crippen LogP contribution in [0.15, 0.2) is 15.3 Å². The van der Waals surface area contributed by atoms with Gasteiger partial charge >= 0.3 is 5.63 Å². The molecule has 2 aliphatic heterocycles. The molecule has 3 heterocycles. The highest BCUT2D eigenvalue weighted by atomic mass is 16.4. The molecule has 0 radical (unpaired) electrons. The Bertz CT molecular complexity index is 993. The lowest BCUT2D eigenvalue weighted by molar-refractivity contribution is -0.120. The van der Waals surface area contributed by atoms with Gasteiger partial charge in [-0.15, -0.1) is 0 Å². The van der Waals surface area contributed by atoms with Crippen LogP contribution in [-0.4, -0.2) is 37.3 Å². The molecule has 0 aliphatic carbocycles. The van der Waals surface area contributed by atoms with E-state index in [4.69, 9.17) is 9.52 Å². The van der Waals surface area contributed by atoms with Crippen LogP contribution in [0.3, 0.4) is 0 Å². The average molecular weight is 413 g/mol. The van der Waals surface area contributed by atoms with E-state index in [9.17, 15) is 9.59 Å².